The van der Waals surface area contributed by atoms with Gasteiger partial charge in [-0.05, 0) is 25.1 Å². The number of ether oxygens (including phenoxy) is 1. The first-order valence-corrected chi connectivity index (χ1v) is 5.62. The highest BCUT2D eigenvalue weighted by molar-refractivity contribution is 5.85. The molecule has 0 spiro atoms. The third-order valence-electron chi connectivity index (χ3n) is 2.52. The molecule has 5 nitrogen and oxygen atoms in total. The van der Waals surface area contributed by atoms with Crippen LogP contribution in [-0.2, 0) is 6.54 Å². The van der Waals surface area contributed by atoms with Crippen LogP contribution in [0.3, 0.4) is 0 Å². The molecule has 0 aliphatic rings. The largest absolute Gasteiger partial charge is 0.492 e. The maximum atomic E-state index is 10.8. The fraction of sp³-hybridized carbons (Fsp3) is 0.231. The van der Waals surface area contributed by atoms with Crippen LogP contribution in [0.5, 0.6) is 5.75 Å². The SMILES string of the molecule is Cc1cc(C(=O)O)nn1CCOc1ccccc1. The van der Waals surface area contributed by atoms with Gasteiger partial charge in [0, 0.05) is 5.69 Å². The van der Waals surface area contributed by atoms with Gasteiger partial charge in [-0.1, -0.05) is 18.2 Å². The molecule has 18 heavy (non-hydrogen) atoms. The van der Waals surface area contributed by atoms with E-state index in [-0.39, 0.29) is 5.69 Å². The summed E-state index contributed by atoms with van der Waals surface area (Å²) in [6, 6.07) is 11.0. The molecule has 0 fully saturated rings. The van der Waals surface area contributed by atoms with Gasteiger partial charge in [0.2, 0.25) is 0 Å². The molecule has 5 heteroatoms. The number of aromatic carboxylic acids is 1. The molecule has 1 N–H and O–H groups in total. The van der Waals surface area contributed by atoms with Crippen molar-refractivity contribution >= 4 is 5.97 Å². The number of rotatable bonds is 5. The van der Waals surface area contributed by atoms with Crippen molar-refractivity contribution in [3.8, 4) is 5.75 Å². The third-order valence-corrected chi connectivity index (χ3v) is 2.52. The lowest BCUT2D eigenvalue weighted by Gasteiger charge is -2.07. The highest BCUT2D eigenvalue weighted by Crippen LogP contribution is 2.09. The summed E-state index contributed by atoms with van der Waals surface area (Å²) in [5, 5.41) is 12.8. The van der Waals surface area contributed by atoms with Gasteiger partial charge in [-0.25, -0.2) is 4.79 Å². The minimum atomic E-state index is -1.01. The molecule has 1 aromatic carbocycles. The van der Waals surface area contributed by atoms with E-state index in [0.29, 0.717) is 13.2 Å². The van der Waals surface area contributed by atoms with Crippen molar-refractivity contribution in [2.75, 3.05) is 6.61 Å². The van der Waals surface area contributed by atoms with Crippen LogP contribution in [0.15, 0.2) is 36.4 Å². The van der Waals surface area contributed by atoms with Crippen LogP contribution in [0.4, 0.5) is 0 Å². The topological polar surface area (TPSA) is 64.3 Å². The summed E-state index contributed by atoms with van der Waals surface area (Å²) < 4.78 is 7.16. The maximum Gasteiger partial charge on any atom is 0.356 e. The smallest absolute Gasteiger partial charge is 0.356 e. The highest BCUT2D eigenvalue weighted by Gasteiger charge is 2.10. The summed E-state index contributed by atoms with van der Waals surface area (Å²) in [6.45, 7) is 2.79. The van der Waals surface area contributed by atoms with Gasteiger partial charge in [0.1, 0.15) is 12.4 Å². The van der Waals surface area contributed by atoms with Crippen LogP contribution in [0.2, 0.25) is 0 Å². The van der Waals surface area contributed by atoms with Gasteiger partial charge in [-0.15, -0.1) is 0 Å². The van der Waals surface area contributed by atoms with E-state index in [4.69, 9.17) is 9.84 Å². The molecule has 0 unspecified atom stereocenters. The number of benzene rings is 1. The van der Waals surface area contributed by atoms with Crippen molar-refractivity contribution in [1.82, 2.24) is 9.78 Å². The molecule has 0 aliphatic carbocycles. The van der Waals surface area contributed by atoms with Crippen molar-refractivity contribution in [3.63, 3.8) is 0 Å². The summed E-state index contributed by atoms with van der Waals surface area (Å²) in [4.78, 5) is 10.8. The first-order valence-electron chi connectivity index (χ1n) is 5.62. The molecule has 1 heterocycles. The molecule has 1 aromatic heterocycles. The zero-order valence-electron chi connectivity index (χ0n) is 10.0. The lowest BCUT2D eigenvalue weighted by atomic mass is 10.3. The minimum absolute atomic E-state index is 0.0622. The highest BCUT2D eigenvalue weighted by atomic mass is 16.5. The molecule has 0 saturated heterocycles. The zero-order chi connectivity index (χ0) is 13.0. The number of hydrogen-bond acceptors (Lipinski definition) is 3. The Hall–Kier alpha value is -2.30. The van der Waals surface area contributed by atoms with Gasteiger partial charge in [-0.3, -0.25) is 4.68 Å². The van der Waals surface area contributed by atoms with Crippen molar-refractivity contribution in [2.45, 2.75) is 13.5 Å². The fourth-order valence-corrected chi connectivity index (χ4v) is 1.61. The Kier molecular flexibility index (Phi) is 3.62. The van der Waals surface area contributed by atoms with E-state index in [2.05, 4.69) is 5.10 Å². The molecule has 2 aromatic rings. The normalized spacial score (nSPS) is 10.3. The summed E-state index contributed by atoms with van der Waals surface area (Å²) in [5.74, 6) is -0.221. The Morgan fingerprint density at radius 3 is 2.72 bits per heavy atom. The Labute approximate surface area is 105 Å². The van der Waals surface area contributed by atoms with Gasteiger partial charge >= 0.3 is 5.97 Å². The van der Waals surface area contributed by atoms with E-state index >= 15 is 0 Å². The minimum Gasteiger partial charge on any atom is -0.492 e. The lowest BCUT2D eigenvalue weighted by molar-refractivity contribution is 0.0689. The van der Waals surface area contributed by atoms with Gasteiger partial charge in [-0.2, -0.15) is 5.10 Å². The molecule has 0 aliphatic heterocycles. The average Bonchev–Trinajstić information content (AvgIpc) is 2.73. The fourth-order valence-electron chi connectivity index (χ4n) is 1.61. The molecule has 94 valence electrons. The van der Waals surface area contributed by atoms with E-state index in [0.717, 1.165) is 11.4 Å². The predicted octanol–water partition coefficient (Wildman–Crippen LogP) is 1.97. The number of para-hydroxylation sites is 1. The van der Waals surface area contributed by atoms with Crippen LogP contribution >= 0.6 is 0 Å². The van der Waals surface area contributed by atoms with Gasteiger partial charge in [0.25, 0.3) is 0 Å². The van der Waals surface area contributed by atoms with Crippen molar-refractivity contribution < 1.29 is 14.6 Å². The molecule has 0 radical (unpaired) electrons. The summed E-state index contributed by atoms with van der Waals surface area (Å²) >= 11 is 0. The summed E-state index contributed by atoms with van der Waals surface area (Å²) in [7, 11) is 0. The zero-order valence-corrected chi connectivity index (χ0v) is 10.0. The maximum absolute atomic E-state index is 10.8. The van der Waals surface area contributed by atoms with Crippen LogP contribution < -0.4 is 4.74 Å². The number of carboxylic acids is 1. The summed E-state index contributed by atoms with van der Waals surface area (Å²) in [5.41, 5.74) is 0.872. The van der Waals surface area contributed by atoms with Crippen LogP contribution in [0, 0.1) is 6.92 Å². The Bertz CT molecular complexity index is 534. The number of aromatic nitrogens is 2. The predicted molar refractivity (Wildman–Crippen MR) is 65.9 cm³/mol. The Morgan fingerprint density at radius 2 is 2.11 bits per heavy atom. The second-order valence-electron chi connectivity index (χ2n) is 3.86. The van der Waals surface area contributed by atoms with Crippen LogP contribution in [0.1, 0.15) is 16.2 Å². The molecule has 0 amide bonds. The standard InChI is InChI=1S/C13H14N2O3/c1-10-9-12(13(16)17)14-15(10)7-8-18-11-5-3-2-4-6-11/h2-6,9H,7-8H2,1H3,(H,16,17). The molecule has 0 saturated carbocycles. The van der Waals surface area contributed by atoms with E-state index in [9.17, 15) is 4.79 Å². The second-order valence-corrected chi connectivity index (χ2v) is 3.86. The first kappa shape index (κ1) is 12.2. The molecule has 2 rings (SSSR count). The van der Waals surface area contributed by atoms with Crippen molar-refractivity contribution in [2.24, 2.45) is 0 Å². The van der Waals surface area contributed by atoms with E-state index in [1.54, 1.807) is 10.7 Å². The molecular formula is C13H14N2O3. The van der Waals surface area contributed by atoms with Crippen LogP contribution in [0.25, 0.3) is 0 Å². The second kappa shape index (κ2) is 5.35. The number of carboxylic acid groups (broad SMARTS) is 1. The molecular weight excluding hydrogens is 232 g/mol. The first-order chi connectivity index (χ1) is 8.66. The molecule has 0 atom stereocenters. The van der Waals surface area contributed by atoms with Crippen LogP contribution in [-0.4, -0.2) is 27.5 Å². The number of aryl methyl sites for hydroxylation is 1. The Morgan fingerprint density at radius 1 is 1.39 bits per heavy atom. The lowest BCUT2D eigenvalue weighted by Crippen LogP contribution is -2.11. The number of hydrogen-bond donors (Lipinski definition) is 1. The third kappa shape index (κ3) is 2.88. The van der Waals surface area contributed by atoms with Gasteiger partial charge < -0.3 is 9.84 Å². The van der Waals surface area contributed by atoms with Gasteiger partial charge in [0.15, 0.2) is 5.69 Å². The average molecular weight is 246 g/mol. The van der Waals surface area contributed by atoms with Crippen molar-refractivity contribution in [1.29, 1.82) is 0 Å². The Balaban J connectivity index is 1.92. The van der Waals surface area contributed by atoms with Crippen molar-refractivity contribution in [3.05, 3.63) is 47.8 Å². The van der Waals surface area contributed by atoms with E-state index in [1.165, 1.54) is 0 Å². The quantitative estimate of drug-likeness (QED) is 0.876. The van der Waals surface area contributed by atoms with Gasteiger partial charge in [0.05, 0.1) is 6.54 Å². The summed E-state index contributed by atoms with van der Waals surface area (Å²) in [6.07, 6.45) is 0. The van der Waals surface area contributed by atoms with E-state index < -0.39 is 5.97 Å². The number of carbonyl (C=O) groups is 1. The number of nitrogens with zero attached hydrogens (tertiary/aromatic N) is 2. The van der Waals surface area contributed by atoms with E-state index in [1.807, 2.05) is 37.3 Å². The monoisotopic (exact) mass is 246 g/mol. The molecule has 0 bridgehead atoms.